The van der Waals surface area contributed by atoms with Gasteiger partial charge in [0.25, 0.3) is 10.1 Å². The van der Waals surface area contributed by atoms with Crippen LogP contribution in [-0.4, -0.2) is 37.8 Å². The Hall–Kier alpha value is -1.60. The predicted molar refractivity (Wildman–Crippen MR) is 62.3 cm³/mol. The number of ether oxygens (including phenoxy) is 1. The van der Waals surface area contributed by atoms with E-state index in [4.69, 9.17) is 4.55 Å². The van der Waals surface area contributed by atoms with Gasteiger partial charge in [0.2, 0.25) is 5.25 Å². The Morgan fingerprint density at radius 2 is 2.00 bits per heavy atom. The topological polar surface area (TPSA) is 92.7 Å². The van der Waals surface area contributed by atoms with Gasteiger partial charge in [-0.2, -0.15) is 8.42 Å². The number of hydrogen-bond donors (Lipinski definition) is 2. The highest BCUT2D eigenvalue weighted by atomic mass is 32.2. The molecule has 1 aromatic rings. The maximum atomic E-state index is 11.2. The van der Waals surface area contributed by atoms with E-state index < -0.39 is 21.3 Å². The summed E-state index contributed by atoms with van der Waals surface area (Å²) in [6.45, 7) is -0.254. The summed E-state index contributed by atoms with van der Waals surface area (Å²) in [4.78, 5) is 11.2. The Bertz CT molecular complexity index is 471. The fourth-order valence-electron chi connectivity index (χ4n) is 1.21. The fraction of sp³-hybridized carbons (Fsp3) is 0.300. The van der Waals surface area contributed by atoms with Gasteiger partial charge >= 0.3 is 5.97 Å². The van der Waals surface area contributed by atoms with E-state index in [-0.39, 0.29) is 6.54 Å². The third-order valence-corrected chi connectivity index (χ3v) is 3.17. The molecule has 0 saturated heterocycles. The van der Waals surface area contributed by atoms with Gasteiger partial charge in [0.05, 0.1) is 7.11 Å². The van der Waals surface area contributed by atoms with Crippen molar-refractivity contribution in [3.63, 3.8) is 0 Å². The van der Waals surface area contributed by atoms with Crippen LogP contribution in [0.3, 0.4) is 0 Å². The van der Waals surface area contributed by atoms with Gasteiger partial charge in [-0.15, -0.1) is 0 Å². The van der Waals surface area contributed by atoms with Crippen molar-refractivity contribution in [2.45, 2.75) is 5.25 Å². The number of methoxy groups -OCH3 is 1. The van der Waals surface area contributed by atoms with Gasteiger partial charge < -0.3 is 10.1 Å². The zero-order chi connectivity index (χ0) is 12.9. The third-order valence-electron chi connectivity index (χ3n) is 2.09. The van der Waals surface area contributed by atoms with Crippen LogP contribution in [-0.2, 0) is 19.6 Å². The minimum absolute atomic E-state index is 0.254. The Morgan fingerprint density at radius 1 is 1.41 bits per heavy atom. The molecule has 1 aromatic carbocycles. The number of carbonyl (C=O) groups is 1. The number of esters is 1. The van der Waals surface area contributed by atoms with E-state index in [2.05, 4.69) is 10.1 Å². The molecule has 0 heterocycles. The van der Waals surface area contributed by atoms with E-state index in [1.165, 1.54) is 0 Å². The average molecular weight is 259 g/mol. The van der Waals surface area contributed by atoms with Gasteiger partial charge in [-0.25, -0.2) is 0 Å². The quantitative estimate of drug-likeness (QED) is 0.592. The molecule has 0 aromatic heterocycles. The number of rotatable bonds is 5. The minimum Gasteiger partial charge on any atom is -0.468 e. The van der Waals surface area contributed by atoms with Gasteiger partial charge in [-0.1, -0.05) is 18.2 Å². The normalized spacial score (nSPS) is 12.8. The van der Waals surface area contributed by atoms with Gasteiger partial charge in [-0.3, -0.25) is 9.35 Å². The van der Waals surface area contributed by atoms with Gasteiger partial charge in [0, 0.05) is 12.2 Å². The molecule has 0 fully saturated rings. The minimum atomic E-state index is -4.48. The predicted octanol–water partition coefficient (Wildman–Crippen LogP) is 0.528. The average Bonchev–Trinajstić information content (AvgIpc) is 2.28. The molecule has 0 spiro atoms. The van der Waals surface area contributed by atoms with Gasteiger partial charge in [-0.05, 0) is 12.1 Å². The van der Waals surface area contributed by atoms with Gasteiger partial charge in [0.1, 0.15) is 0 Å². The molecule has 0 aliphatic rings. The molecule has 0 aliphatic carbocycles. The van der Waals surface area contributed by atoms with Crippen LogP contribution in [0.5, 0.6) is 0 Å². The summed E-state index contributed by atoms with van der Waals surface area (Å²) in [6, 6.07) is 8.72. The first-order valence-electron chi connectivity index (χ1n) is 4.78. The van der Waals surface area contributed by atoms with Crippen LogP contribution >= 0.6 is 0 Å². The monoisotopic (exact) mass is 259 g/mol. The number of para-hydroxylation sites is 1. The first kappa shape index (κ1) is 13.5. The lowest BCUT2D eigenvalue weighted by Gasteiger charge is -2.13. The molecular weight excluding hydrogens is 246 g/mol. The largest absolute Gasteiger partial charge is 0.468 e. The number of carbonyl (C=O) groups excluding carboxylic acids is 1. The number of nitrogens with one attached hydrogen (secondary N) is 1. The smallest absolute Gasteiger partial charge is 0.328 e. The van der Waals surface area contributed by atoms with Crippen LogP contribution in [0.15, 0.2) is 30.3 Å². The lowest BCUT2D eigenvalue weighted by atomic mass is 10.3. The van der Waals surface area contributed by atoms with E-state index in [0.29, 0.717) is 5.69 Å². The second-order valence-electron chi connectivity index (χ2n) is 3.27. The number of hydrogen-bond acceptors (Lipinski definition) is 5. The van der Waals surface area contributed by atoms with Crippen molar-refractivity contribution in [1.29, 1.82) is 0 Å². The number of anilines is 1. The lowest BCUT2D eigenvalue weighted by molar-refractivity contribution is -0.139. The van der Waals surface area contributed by atoms with Crippen LogP contribution in [0.1, 0.15) is 0 Å². The highest BCUT2D eigenvalue weighted by Crippen LogP contribution is 2.08. The molecule has 6 nitrogen and oxygen atoms in total. The van der Waals surface area contributed by atoms with Crippen LogP contribution in [0.25, 0.3) is 0 Å². The molecule has 0 saturated carbocycles. The molecule has 1 atom stereocenters. The molecule has 0 radical (unpaired) electrons. The Balaban J connectivity index is 2.72. The molecule has 17 heavy (non-hydrogen) atoms. The maximum Gasteiger partial charge on any atom is 0.328 e. The molecular formula is C10H13NO5S. The highest BCUT2D eigenvalue weighted by molar-refractivity contribution is 7.87. The highest BCUT2D eigenvalue weighted by Gasteiger charge is 2.31. The van der Waals surface area contributed by atoms with Crippen molar-refractivity contribution >= 4 is 21.8 Å². The summed E-state index contributed by atoms with van der Waals surface area (Å²) in [5, 5.41) is 1.09. The first-order valence-corrected chi connectivity index (χ1v) is 6.28. The summed E-state index contributed by atoms with van der Waals surface area (Å²) in [7, 11) is -3.42. The Morgan fingerprint density at radius 3 is 2.47 bits per heavy atom. The summed E-state index contributed by atoms with van der Waals surface area (Å²) in [5.74, 6) is -1.00. The van der Waals surface area contributed by atoms with Crippen molar-refractivity contribution in [3.8, 4) is 0 Å². The van der Waals surface area contributed by atoms with Crippen molar-refractivity contribution in [1.82, 2.24) is 0 Å². The van der Waals surface area contributed by atoms with E-state index in [0.717, 1.165) is 7.11 Å². The second-order valence-corrected chi connectivity index (χ2v) is 4.87. The van der Waals surface area contributed by atoms with Crippen molar-refractivity contribution in [2.75, 3.05) is 19.0 Å². The van der Waals surface area contributed by atoms with Crippen LogP contribution < -0.4 is 5.32 Å². The van der Waals surface area contributed by atoms with E-state index in [9.17, 15) is 13.2 Å². The van der Waals surface area contributed by atoms with E-state index >= 15 is 0 Å². The van der Waals surface area contributed by atoms with Crippen molar-refractivity contribution < 1.29 is 22.5 Å². The number of benzene rings is 1. The third kappa shape index (κ3) is 4.04. The zero-order valence-electron chi connectivity index (χ0n) is 9.16. The zero-order valence-corrected chi connectivity index (χ0v) is 9.98. The molecule has 1 unspecified atom stereocenters. The SMILES string of the molecule is COC(=O)C(CNc1ccccc1)S(=O)(=O)O. The maximum absolute atomic E-state index is 11.2. The molecule has 0 aliphatic heterocycles. The Labute approximate surface area is 99.3 Å². The van der Waals surface area contributed by atoms with Crippen LogP contribution in [0.2, 0.25) is 0 Å². The molecule has 0 amide bonds. The van der Waals surface area contributed by atoms with Gasteiger partial charge in [0.15, 0.2) is 0 Å². The Kier molecular flexibility index (Phi) is 4.47. The summed E-state index contributed by atoms with van der Waals surface area (Å²) >= 11 is 0. The second kappa shape index (κ2) is 5.65. The molecule has 7 heteroatoms. The van der Waals surface area contributed by atoms with Crippen LogP contribution in [0, 0.1) is 0 Å². The molecule has 1 rings (SSSR count). The fourth-order valence-corrected chi connectivity index (χ4v) is 1.84. The lowest BCUT2D eigenvalue weighted by Crippen LogP contribution is -2.37. The standard InChI is InChI=1S/C10H13NO5S/c1-16-10(12)9(17(13,14)15)7-11-8-5-3-2-4-6-8/h2-6,9,11H,7H2,1H3,(H,13,14,15). The summed E-state index contributed by atoms with van der Waals surface area (Å²) < 4.78 is 35.1. The summed E-state index contributed by atoms with van der Waals surface area (Å²) in [5.41, 5.74) is 0.644. The van der Waals surface area contributed by atoms with Crippen molar-refractivity contribution in [3.05, 3.63) is 30.3 Å². The van der Waals surface area contributed by atoms with Crippen LogP contribution in [0.4, 0.5) is 5.69 Å². The molecule has 94 valence electrons. The first-order chi connectivity index (χ1) is 7.95. The van der Waals surface area contributed by atoms with Crippen molar-refractivity contribution in [2.24, 2.45) is 0 Å². The van der Waals surface area contributed by atoms with E-state index in [1.807, 2.05) is 0 Å². The van der Waals surface area contributed by atoms with E-state index in [1.54, 1.807) is 30.3 Å². The molecule has 2 N–H and O–H groups in total. The summed E-state index contributed by atoms with van der Waals surface area (Å²) in [6.07, 6.45) is 0. The molecule has 0 bridgehead atoms.